The van der Waals surface area contributed by atoms with Gasteiger partial charge in [0.1, 0.15) is 7.85 Å². The van der Waals surface area contributed by atoms with Crippen LogP contribution in [0.15, 0.2) is 12.1 Å². The van der Waals surface area contributed by atoms with Gasteiger partial charge < -0.3 is 0 Å². The van der Waals surface area contributed by atoms with Crippen molar-refractivity contribution in [2.45, 2.75) is 20.3 Å². The van der Waals surface area contributed by atoms with Crippen LogP contribution in [0.3, 0.4) is 0 Å². The highest BCUT2D eigenvalue weighted by atomic mass is 14.0. The van der Waals surface area contributed by atoms with Gasteiger partial charge in [-0.2, -0.15) is 0 Å². The summed E-state index contributed by atoms with van der Waals surface area (Å²) in [6, 6.07) is 0. The zero-order valence-corrected chi connectivity index (χ0v) is 5.07. The molecule has 0 heterocycles. The molecule has 0 nitrogen and oxygen atoms in total. The summed E-state index contributed by atoms with van der Waals surface area (Å²) in [5, 5.41) is 0. The molecular weight excluding hydrogens is 82.9 g/mol. The molecule has 0 aromatic rings. The monoisotopic (exact) mass is 94.1 g/mol. The Bertz CT molecular complexity index is 66.6. The molecule has 0 aliphatic heterocycles. The van der Waals surface area contributed by atoms with Gasteiger partial charge in [-0.15, -0.1) is 12.1 Å². The van der Waals surface area contributed by atoms with Crippen molar-refractivity contribution < 1.29 is 0 Å². The molecule has 0 aromatic carbocycles. The Morgan fingerprint density at radius 2 is 2.29 bits per heavy atom. The van der Waals surface area contributed by atoms with Gasteiger partial charge in [0.05, 0.1) is 0 Å². The van der Waals surface area contributed by atoms with Crippen LogP contribution in [0, 0.1) is 5.92 Å². The summed E-state index contributed by atoms with van der Waals surface area (Å²) in [5.41, 5.74) is 0.794. The first-order valence-electron chi connectivity index (χ1n) is 2.62. The van der Waals surface area contributed by atoms with Gasteiger partial charge in [0, 0.05) is 0 Å². The lowest BCUT2D eigenvalue weighted by molar-refractivity contribution is 0.687. The van der Waals surface area contributed by atoms with Crippen molar-refractivity contribution >= 4 is 7.85 Å². The van der Waals surface area contributed by atoms with Crippen molar-refractivity contribution in [3.05, 3.63) is 12.1 Å². The zero-order valence-electron chi connectivity index (χ0n) is 5.07. The lowest BCUT2D eigenvalue weighted by atomic mass is 9.85. The van der Waals surface area contributed by atoms with E-state index in [1.54, 1.807) is 0 Å². The molecule has 1 unspecified atom stereocenters. The summed E-state index contributed by atoms with van der Waals surface area (Å²) in [4.78, 5) is 0. The molecule has 0 amide bonds. The van der Waals surface area contributed by atoms with Gasteiger partial charge in [0.2, 0.25) is 0 Å². The maximum atomic E-state index is 5.35. The zero-order chi connectivity index (χ0) is 5.86. The molecule has 1 atom stereocenters. The van der Waals surface area contributed by atoms with Gasteiger partial charge in [0.25, 0.3) is 0 Å². The SMILES string of the molecule is [B]C(=C)C(C)CC. The van der Waals surface area contributed by atoms with Crippen LogP contribution in [0.5, 0.6) is 0 Å². The summed E-state index contributed by atoms with van der Waals surface area (Å²) in [7, 11) is 5.35. The van der Waals surface area contributed by atoms with E-state index in [1.165, 1.54) is 0 Å². The third-order valence-corrected chi connectivity index (χ3v) is 1.25. The van der Waals surface area contributed by atoms with Crippen LogP contribution in [-0.4, -0.2) is 7.85 Å². The molecule has 7 heavy (non-hydrogen) atoms. The van der Waals surface area contributed by atoms with Crippen LogP contribution in [0.1, 0.15) is 20.3 Å². The normalized spacial score (nSPS) is 13.4. The maximum Gasteiger partial charge on any atom is 0.107 e. The van der Waals surface area contributed by atoms with E-state index in [1.807, 2.05) is 0 Å². The minimum absolute atomic E-state index is 0.486. The van der Waals surface area contributed by atoms with E-state index < -0.39 is 0 Å². The quantitative estimate of drug-likeness (QED) is 0.457. The smallest absolute Gasteiger partial charge is 0.107 e. The van der Waals surface area contributed by atoms with Crippen LogP contribution in [0.2, 0.25) is 0 Å². The number of hydrogen-bond acceptors (Lipinski definition) is 0. The second kappa shape index (κ2) is 2.89. The highest BCUT2D eigenvalue weighted by molar-refractivity contribution is 6.21. The van der Waals surface area contributed by atoms with E-state index in [2.05, 4.69) is 20.4 Å². The molecule has 0 saturated carbocycles. The van der Waals surface area contributed by atoms with Crippen LogP contribution in [0.4, 0.5) is 0 Å². The Morgan fingerprint density at radius 1 is 1.86 bits per heavy atom. The molecule has 0 aliphatic rings. The topological polar surface area (TPSA) is 0 Å². The summed E-state index contributed by atoms with van der Waals surface area (Å²) < 4.78 is 0. The van der Waals surface area contributed by atoms with Gasteiger partial charge >= 0.3 is 0 Å². The van der Waals surface area contributed by atoms with Crippen LogP contribution in [-0.2, 0) is 0 Å². The minimum Gasteiger partial charge on any atom is -0.122 e. The minimum atomic E-state index is 0.486. The molecule has 0 aromatic heterocycles. The lowest BCUT2D eigenvalue weighted by Gasteiger charge is -2.04. The molecule has 0 bridgehead atoms. The Labute approximate surface area is 47.0 Å². The largest absolute Gasteiger partial charge is 0.122 e. The van der Waals surface area contributed by atoms with Gasteiger partial charge in [-0.3, -0.25) is 0 Å². The molecule has 38 valence electrons. The van der Waals surface area contributed by atoms with Crippen molar-refractivity contribution in [1.29, 1.82) is 0 Å². The predicted octanol–water partition coefficient (Wildman–Crippen LogP) is 1.71. The molecule has 0 aliphatic carbocycles. The van der Waals surface area contributed by atoms with E-state index in [4.69, 9.17) is 7.85 Å². The third kappa shape index (κ3) is 2.49. The molecule has 0 spiro atoms. The van der Waals surface area contributed by atoms with Crippen LogP contribution < -0.4 is 0 Å². The van der Waals surface area contributed by atoms with E-state index in [0.717, 1.165) is 11.9 Å². The van der Waals surface area contributed by atoms with E-state index in [-0.39, 0.29) is 0 Å². The first-order chi connectivity index (χ1) is 3.18. The molecule has 1 heteroatoms. The molecule has 0 rings (SSSR count). The fourth-order valence-corrected chi connectivity index (χ4v) is 0.262. The number of hydrogen-bond donors (Lipinski definition) is 0. The fraction of sp³-hybridized carbons (Fsp3) is 0.667. The first kappa shape index (κ1) is 6.80. The van der Waals surface area contributed by atoms with Crippen molar-refractivity contribution in [3.8, 4) is 0 Å². The predicted molar refractivity (Wildman–Crippen MR) is 34.3 cm³/mol. The Kier molecular flexibility index (Phi) is 2.81. The fourth-order valence-electron chi connectivity index (χ4n) is 0.262. The standard InChI is InChI=1S/C6H11B/c1-4-5(2)6(3)7/h5H,3-4H2,1-2H3. The van der Waals surface area contributed by atoms with Crippen molar-refractivity contribution in [2.75, 3.05) is 0 Å². The average molecular weight is 94.0 g/mol. The van der Waals surface area contributed by atoms with Crippen LogP contribution >= 0.6 is 0 Å². The first-order valence-corrected chi connectivity index (χ1v) is 2.62. The van der Waals surface area contributed by atoms with Gasteiger partial charge in [-0.05, 0) is 5.92 Å². The molecule has 0 saturated heterocycles. The maximum absolute atomic E-state index is 5.35. The lowest BCUT2D eigenvalue weighted by Crippen LogP contribution is -1.93. The number of allylic oxidation sites excluding steroid dienone is 1. The van der Waals surface area contributed by atoms with E-state index in [0.29, 0.717) is 5.92 Å². The Balaban J connectivity index is 3.34. The van der Waals surface area contributed by atoms with E-state index >= 15 is 0 Å². The van der Waals surface area contributed by atoms with Crippen molar-refractivity contribution in [2.24, 2.45) is 5.92 Å². The third-order valence-electron chi connectivity index (χ3n) is 1.25. The molecule has 2 radical (unpaired) electrons. The van der Waals surface area contributed by atoms with E-state index in [9.17, 15) is 0 Å². The molecular formula is C6H11B. The summed E-state index contributed by atoms with van der Waals surface area (Å²) in [6.07, 6.45) is 1.09. The summed E-state index contributed by atoms with van der Waals surface area (Å²) in [5.74, 6) is 0.486. The average Bonchev–Trinajstić information content (AvgIpc) is 1.65. The highest BCUT2D eigenvalue weighted by Gasteiger charge is 1.94. The Hall–Kier alpha value is -0.195. The Morgan fingerprint density at radius 3 is 2.29 bits per heavy atom. The van der Waals surface area contributed by atoms with Gasteiger partial charge in [-0.1, -0.05) is 20.3 Å². The molecule has 0 fully saturated rings. The van der Waals surface area contributed by atoms with Gasteiger partial charge in [-0.25, -0.2) is 0 Å². The summed E-state index contributed by atoms with van der Waals surface area (Å²) in [6.45, 7) is 7.78. The van der Waals surface area contributed by atoms with Gasteiger partial charge in [0.15, 0.2) is 0 Å². The summed E-state index contributed by atoms with van der Waals surface area (Å²) >= 11 is 0. The second-order valence-corrected chi connectivity index (χ2v) is 1.88. The molecule has 0 N–H and O–H groups in total. The van der Waals surface area contributed by atoms with Crippen LogP contribution in [0.25, 0.3) is 0 Å². The number of rotatable bonds is 2. The highest BCUT2D eigenvalue weighted by Crippen LogP contribution is 2.06. The van der Waals surface area contributed by atoms with Crippen molar-refractivity contribution in [1.82, 2.24) is 0 Å². The second-order valence-electron chi connectivity index (χ2n) is 1.88. The van der Waals surface area contributed by atoms with Crippen molar-refractivity contribution in [3.63, 3.8) is 0 Å².